The maximum atomic E-state index is 13.3. The van der Waals surface area contributed by atoms with E-state index in [1.54, 1.807) is 48.5 Å². The minimum Gasteiger partial charge on any atom is -0.325 e. The van der Waals surface area contributed by atoms with Crippen LogP contribution in [0.5, 0.6) is 0 Å². The normalized spacial score (nSPS) is 13.3. The van der Waals surface area contributed by atoms with E-state index < -0.39 is 0 Å². The third-order valence-corrected chi connectivity index (χ3v) is 4.76. The number of nitrogens with zero attached hydrogens (tertiary/aromatic N) is 3. The van der Waals surface area contributed by atoms with Crippen molar-refractivity contribution in [2.24, 2.45) is 4.99 Å². The van der Waals surface area contributed by atoms with E-state index in [-0.39, 0.29) is 30.6 Å². The summed E-state index contributed by atoms with van der Waals surface area (Å²) in [4.78, 5) is 35.7. The minimum atomic E-state index is -0.382. The molecular weight excluding hydrogens is 407 g/mol. The topological polar surface area (TPSA) is 74.7 Å². The first-order valence-corrected chi connectivity index (χ1v) is 9.52. The number of pyridine rings is 1. The Kier molecular flexibility index (Phi) is 5.54. The largest absolute Gasteiger partial charge is 0.325 e. The highest BCUT2D eigenvalue weighted by Gasteiger charge is 2.27. The molecule has 0 saturated carbocycles. The van der Waals surface area contributed by atoms with Crippen molar-refractivity contribution in [3.63, 3.8) is 0 Å². The molecule has 1 N–H and O–H groups in total. The van der Waals surface area contributed by atoms with Crippen molar-refractivity contribution >= 4 is 46.3 Å². The molecule has 2 heterocycles. The van der Waals surface area contributed by atoms with Crippen molar-refractivity contribution in [1.29, 1.82) is 0 Å². The Balaban J connectivity index is 1.60. The van der Waals surface area contributed by atoms with Crippen LogP contribution in [0.3, 0.4) is 0 Å². The van der Waals surface area contributed by atoms with Crippen molar-refractivity contribution in [3.8, 4) is 0 Å². The highest BCUT2D eigenvalue weighted by atomic mass is 35.5. The summed E-state index contributed by atoms with van der Waals surface area (Å²) in [5, 5.41) is 3.29. The summed E-state index contributed by atoms with van der Waals surface area (Å²) in [5.41, 5.74) is 2.14. The average molecular weight is 423 g/mol. The molecule has 8 heteroatoms. The number of fused-ring (bicyclic) bond motifs is 1. The van der Waals surface area contributed by atoms with E-state index in [0.717, 1.165) is 0 Å². The summed E-state index contributed by atoms with van der Waals surface area (Å²) in [6, 6.07) is 15.9. The molecule has 150 valence electrons. The number of nitrogens with one attached hydrogen (secondary N) is 1. The van der Waals surface area contributed by atoms with Gasteiger partial charge in [-0.1, -0.05) is 23.7 Å². The van der Waals surface area contributed by atoms with E-state index in [9.17, 15) is 14.0 Å². The van der Waals surface area contributed by atoms with Gasteiger partial charge in [-0.3, -0.25) is 14.5 Å². The number of rotatable bonds is 4. The van der Waals surface area contributed by atoms with Gasteiger partial charge in [0.2, 0.25) is 11.8 Å². The summed E-state index contributed by atoms with van der Waals surface area (Å²) in [5.74, 6) is -0.790. The van der Waals surface area contributed by atoms with Crippen LogP contribution in [0.2, 0.25) is 5.02 Å². The first kappa shape index (κ1) is 19.7. The quantitative estimate of drug-likeness (QED) is 0.678. The van der Waals surface area contributed by atoms with Crippen LogP contribution in [0.1, 0.15) is 12.0 Å². The molecule has 4 rings (SSSR count). The Morgan fingerprint density at radius 2 is 1.83 bits per heavy atom. The summed E-state index contributed by atoms with van der Waals surface area (Å²) < 4.78 is 13.3. The molecule has 2 aromatic carbocycles. The second-order valence-electron chi connectivity index (χ2n) is 6.62. The zero-order valence-corrected chi connectivity index (χ0v) is 16.4. The minimum absolute atomic E-state index is 0.0454. The smallest absolute Gasteiger partial charge is 0.244 e. The lowest BCUT2D eigenvalue weighted by Gasteiger charge is -2.20. The van der Waals surface area contributed by atoms with Crippen LogP contribution in [-0.2, 0) is 9.59 Å². The molecule has 0 radical (unpaired) electrons. The van der Waals surface area contributed by atoms with Crippen LogP contribution in [0.4, 0.5) is 21.6 Å². The molecule has 3 aromatic rings. The van der Waals surface area contributed by atoms with Crippen molar-refractivity contribution < 1.29 is 14.0 Å². The number of amides is 2. The zero-order chi connectivity index (χ0) is 21.1. The van der Waals surface area contributed by atoms with Gasteiger partial charge in [-0.05, 0) is 54.1 Å². The zero-order valence-electron chi connectivity index (χ0n) is 15.7. The third-order valence-electron chi connectivity index (χ3n) is 4.50. The van der Waals surface area contributed by atoms with E-state index in [2.05, 4.69) is 15.3 Å². The lowest BCUT2D eigenvalue weighted by Crippen LogP contribution is -2.38. The molecule has 0 fully saturated rings. The van der Waals surface area contributed by atoms with Crippen LogP contribution in [-0.4, -0.2) is 29.1 Å². The number of aliphatic imine (C=N–C) groups is 1. The maximum absolute atomic E-state index is 13.3. The standard InChI is InChI=1S/C22H16ClFN4O2/c23-15-5-9-17(10-6-15)26-20(29)13-28-21(30)12-19(14-3-7-16(24)8-4-14)27-18-2-1-11-25-22(18)28/h1-11H,12-13H2,(H,26,29). The van der Waals surface area contributed by atoms with Crippen LogP contribution in [0.15, 0.2) is 71.9 Å². The average Bonchev–Trinajstić information content (AvgIpc) is 2.87. The van der Waals surface area contributed by atoms with E-state index >= 15 is 0 Å². The van der Waals surface area contributed by atoms with Crippen molar-refractivity contribution in [2.75, 3.05) is 16.8 Å². The monoisotopic (exact) mass is 422 g/mol. The molecule has 0 spiro atoms. The summed E-state index contributed by atoms with van der Waals surface area (Å²) in [7, 11) is 0. The number of aromatic nitrogens is 1. The fourth-order valence-electron chi connectivity index (χ4n) is 3.07. The molecule has 0 unspecified atom stereocenters. The number of hydrogen-bond acceptors (Lipinski definition) is 4. The van der Waals surface area contributed by atoms with Crippen LogP contribution < -0.4 is 10.2 Å². The lowest BCUT2D eigenvalue weighted by molar-refractivity contribution is -0.120. The van der Waals surface area contributed by atoms with Crippen LogP contribution in [0, 0.1) is 5.82 Å². The Bertz CT molecular complexity index is 1130. The maximum Gasteiger partial charge on any atom is 0.244 e. The molecule has 0 aliphatic carbocycles. The fourth-order valence-corrected chi connectivity index (χ4v) is 3.20. The van der Waals surface area contributed by atoms with Crippen molar-refractivity contribution in [3.05, 3.63) is 83.3 Å². The predicted octanol–water partition coefficient (Wildman–Crippen LogP) is 4.37. The fraction of sp³-hybridized carbons (Fsp3) is 0.0909. The molecule has 0 atom stereocenters. The van der Waals surface area contributed by atoms with Gasteiger partial charge in [-0.15, -0.1) is 0 Å². The summed E-state index contributed by atoms with van der Waals surface area (Å²) in [6.45, 7) is -0.225. The number of halogens is 2. The second kappa shape index (κ2) is 8.42. The van der Waals surface area contributed by atoms with Gasteiger partial charge in [0, 0.05) is 16.9 Å². The van der Waals surface area contributed by atoms with Gasteiger partial charge < -0.3 is 5.32 Å². The van der Waals surface area contributed by atoms with Crippen molar-refractivity contribution in [2.45, 2.75) is 6.42 Å². The molecule has 0 saturated heterocycles. The van der Waals surface area contributed by atoms with E-state index in [0.29, 0.717) is 33.5 Å². The number of anilines is 2. The first-order valence-electron chi connectivity index (χ1n) is 9.14. The lowest BCUT2D eigenvalue weighted by atomic mass is 10.1. The van der Waals surface area contributed by atoms with E-state index in [1.165, 1.54) is 23.2 Å². The SMILES string of the molecule is O=C(CN1C(=O)CC(c2ccc(F)cc2)=Nc2cccnc21)Nc1ccc(Cl)cc1. The van der Waals surface area contributed by atoms with Gasteiger partial charge in [0.1, 0.15) is 18.0 Å². The van der Waals surface area contributed by atoms with Crippen molar-refractivity contribution in [1.82, 2.24) is 4.98 Å². The van der Waals surface area contributed by atoms with Crippen LogP contribution >= 0.6 is 11.6 Å². The molecule has 2 amide bonds. The molecule has 1 aliphatic heterocycles. The van der Waals surface area contributed by atoms with Gasteiger partial charge in [-0.25, -0.2) is 14.4 Å². The van der Waals surface area contributed by atoms with Crippen LogP contribution in [0.25, 0.3) is 0 Å². The molecule has 1 aliphatic rings. The Hall–Kier alpha value is -3.58. The first-order chi connectivity index (χ1) is 14.5. The number of carbonyl (C=O) groups is 2. The Morgan fingerprint density at radius 3 is 2.57 bits per heavy atom. The predicted molar refractivity (Wildman–Crippen MR) is 114 cm³/mol. The highest BCUT2D eigenvalue weighted by Crippen LogP contribution is 2.30. The van der Waals surface area contributed by atoms with Gasteiger partial charge in [0.15, 0.2) is 5.82 Å². The van der Waals surface area contributed by atoms with E-state index in [4.69, 9.17) is 11.6 Å². The summed E-state index contributed by atoms with van der Waals surface area (Å²) >= 11 is 5.86. The van der Waals surface area contributed by atoms with Gasteiger partial charge in [0.25, 0.3) is 0 Å². The summed E-state index contributed by atoms with van der Waals surface area (Å²) in [6.07, 6.45) is 1.49. The molecular formula is C22H16ClFN4O2. The number of benzene rings is 2. The van der Waals surface area contributed by atoms with Gasteiger partial charge in [-0.2, -0.15) is 0 Å². The Labute approximate surface area is 177 Å². The van der Waals surface area contributed by atoms with Gasteiger partial charge >= 0.3 is 0 Å². The van der Waals surface area contributed by atoms with E-state index in [1.807, 2.05) is 0 Å². The third kappa shape index (κ3) is 4.36. The van der Waals surface area contributed by atoms with Gasteiger partial charge in [0.05, 0.1) is 12.1 Å². The number of hydrogen-bond donors (Lipinski definition) is 1. The highest BCUT2D eigenvalue weighted by molar-refractivity contribution is 6.30. The molecule has 0 bridgehead atoms. The molecule has 1 aromatic heterocycles. The Morgan fingerprint density at radius 1 is 1.10 bits per heavy atom. The second-order valence-corrected chi connectivity index (χ2v) is 7.06. The molecule has 30 heavy (non-hydrogen) atoms. The number of carbonyl (C=O) groups excluding carboxylic acids is 2. The molecule has 6 nitrogen and oxygen atoms in total.